The van der Waals surface area contributed by atoms with Gasteiger partial charge in [0.1, 0.15) is 0 Å². The lowest BCUT2D eigenvalue weighted by molar-refractivity contribution is 1.33. The SMILES string of the molecule is CN(c1cccc2ccccc12)P(N)(N)=S. The van der Waals surface area contributed by atoms with Crippen molar-refractivity contribution >= 4 is 34.8 Å². The molecule has 0 amide bonds. The molecule has 0 bridgehead atoms. The van der Waals surface area contributed by atoms with Crippen molar-refractivity contribution in [3.63, 3.8) is 0 Å². The van der Waals surface area contributed by atoms with E-state index in [4.69, 9.17) is 22.8 Å². The number of nitrogens with zero attached hydrogens (tertiary/aromatic N) is 1. The van der Waals surface area contributed by atoms with E-state index >= 15 is 0 Å². The second-order valence-corrected chi connectivity index (χ2v) is 7.39. The van der Waals surface area contributed by atoms with Crippen LogP contribution < -0.4 is 15.7 Å². The van der Waals surface area contributed by atoms with Gasteiger partial charge in [-0.25, -0.2) is 0 Å². The minimum absolute atomic E-state index is 0.992. The lowest BCUT2D eigenvalue weighted by Gasteiger charge is -2.27. The molecule has 0 spiro atoms. The topological polar surface area (TPSA) is 55.3 Å². The van der Waals surface area contributed by atoms with Crippen molar-refractivity contribution in [1.29, 1.82) is 0 Å². The first-order valence-electron chi connectivity index (χ1n) is 4.89. The first-order chi connectivity index (χ1) is 7.50. The average molecular weight is 251 g/mol. The summed E-state index contributed by atoms with van der Waals surface area (Å²) in [4.78, 5) is 0. The van der Waals surface area contributed by atoms with Crippen molar-refractivity contribution < 1.29 is 0 Å². The van der Waals surface area contributed by atoms with Gasteiger partial charge in [-0.3, -0.25) is 11.0 Å². The lowest BCUT2D eigenvalue weighted by Crippen LogP contribution is -2.24. The van der Waals surface area contributed by atoms with E-state index in [1.807, 2.05) is 42.0 Å². The van der Waals surface area contributed by atoms with Crippen molar-refractivity contribution in [3.8, 4) is 0 Å². The van der Waals surface area contributed by atoms with Gasteiger partial charge in [-0.1, -0.05) is 36.4 Å². The quantitative estimate of drug-likeness (QED) is 0.805. The molecule has 0 aliphatic rings. The zero-order valence-corrected chi connectivity index (χ0v) is 10.7. The molecule has 2 rings (SSSR count). The fourth-order valence-corrected chi connectivity index (χ4v) is 2.43. The molecule has 0 aliphatic heterocycles. The Labute approximate surface area is 100 Å². The normalized spacial score (nSPS) is 11.7. The van der Waals surface area contributed by atoms with Crippen LogP contribution in [0.5, 0.6) is 0 Å². The number of rotatable bonds is 2. The Morgan fingerprint density at radius 1 is 1.06 bits per heavy atom. The van der Waals surface area contributed by atoms with E-state index in [0.29, 0.717) is 0 Å². The maximum absolute atomic E-state index is 5.83. The van der Waals surface area contributed by atoms with Crippen LogP contribution in [-0.4, -0.2) is 7.05 Å². The standard InChI is InChI=1S/C11H14N3PS/c1-14(15(12,13)16)11-8-4-6-9-5-2-3-7-10(9)11/h2-8H,1H3,(H4,12,13,16). The van der Waals surface area contributed by atoms with Gasteiger partial charge in [-0.15, -0.1) is 0 Å². The lowest BCUT2D eigenvalue weighted by atomic mass is 10.1. The maximum atomic E-state index is 5.83. The molecule has 0 heterocycles. The number of fused-ring (bicyclic) bond motifs is 1. The van der Waals surface area contributed by atoms with E-state index < -0.39 is 6.49 Å². The summed E-state index contributed by atoms with van der Waals surface area (Å²) >= 11 is 5.15. The van der Waals surface area contributed by atoms with Gasteiger partial charge in [0, 0.05) is 18.1 Å². The van der Waals surface area contributed by atoms with Gasteiger partial charge < -0.3 is 4.67 Å². The van der Waals surface area contributed by atoms with Crippen molar-refractivity contribution in [2.75, 3.05) is 11.7 Å². The summed E-state index contributed by atoms with van der Waals surface area (Å²) in [6.45, 7) is -2.42. The van der Waals surface area contributed by atoms with Gasteiger partial charge in [-0.2, -0.15) is 0 Å². The Balaban J connectivity index is 2.65. The predicted molar refractivity (Wildman–Crippen MR) is 75.0 cm³/mol. The van der Waals surface area contributed by atoms with Crippen molar-refractivity contribution in [3.05, 3.63) is 42.5 Å². The smallest absolute Gasteiger partial charge is 0.158 e. The summed E-state index contributed by atoms with van der Waals surface area (Å²) in [5.41, 5.74) is 12.7. The van der Waals surface area contributed by atoms with Gasteiger partial charge in [-0.05, 0) is 23.3 Å². The Bertz CT molecular complexity index is 559. The average Bonchev–Trinajstić information content (AvgIpc) is 2.26. The van der Waals surface area contributed by atoms with Crippen molar-refractivity contribution in [2.45, 2.75) is 0 Å². The molecule has 4 N–H and O–H groups in total. The molecule has 0 unspecified atom stereocenters. The third kappa shape index (κ3) is 2.11. The first-order valence-corrected chi connectivity index (χ1v) is 7.78. The number of anilines is 1. The number of hydrogen-bond donors (Lipinski definition) is 2. The van der Waals surface area contributed by atoms with E-state index in [1.54, 1.807) is 0 Å². The fourth-order valence-electron chi connectivity index (χ4n) is 1.66. The highest BCUT2D eigenvalue weighted by Gasteiger charge is 2.14. The molecule has 0 aliphatic carbocycles. The Morgan fingerprint density at radius 3 is 2.38 bits per heavy atom. The van der Waals surface area contributed by atoms with E-state index in [9.17, 15) is 0 Å². The molecule has 0 radical (unpaired) electrons. The molecule has 2 aromatic rings. The van der Waals surface area contributed by atoms with Gasteiger partial charge in [0.25, 0.3) is 0 Å². The summed E-state index contributed by atoms with van der Waals surface area (Å²) in [6.07, 6.45) is 0. The van der Waals surface area contributed by atoms with Crippen LogP contribution >= 0.6 is 6.49 Å². The van der Waals surface area contributed by atoms with E-state index in [2.05, 4.69) is 12.1 Å². The van der Waals surface area contributed by atoms with Crippen LogP contribution in [0.3, 0.4) is 0 Å². The molecule has 3 nitrogen and oxygen atoms in total. The third-order valence-electron chi connectivity index (χ3n) is 2.58. The molecule has 5 heteroatoms. The summed E-state index contributed by atoms with van der Waals surface area (Å²) in [7, 11) is 1.85. The van der Waals surface area contributed by atoms with Gasteiger partial charge in [0.2, 0.25) is 0 Å². The van der Waals surface area contributed by atoms with Crippen LogP contribution in [0.25, 0.3) is 10.8 Å². The largest absolute Gasteiger partial charge is 0.324 e. The Hall–Kier alpha value is -0.930. The Morgan fingerprint density at radius 2 is 1.69 bits per heavy atom. The maximum Gasteiger partial charge on any atom is 0.158 e. The minimum Gasteiger partial charge on any atom is -0.324 e. The molecule has 0 atom stereocenters. The minimum atomic E-state index is -2.42. The fraction of sp³-hybridized carbons (Fsp3) is 0.0909. The molecular weight excluding hydrogens is 237 g/mol. The highest BCUT2D eigenvalue weighted by atomic mass is 32.4. The molecule has 84 valence electrons. The summed E-state index contributed by atoms with van der Waals surface area (Å²) in [5.74, 6) is 0. The van der Waals surface area contributed by atoms with Crippen LogP contribution in [0.2, 0.25) is 0 Å². The highest BCUT2D eigenvalue weighted by Crippen LogP contribution is 2.39. The van der Waals surface area contributed by atoms with Crippen LogP contribution in [0.1, 0.15) is 0 Å². The monoisotopic (exact) mass is 251 g/mol. The van der Waals surface area contributed by atoms with Gasteiger partial charge >= 0.3 is 0 Å². The second-order valence-electron chi connectivity index (χ2n) is 3.69. The van der Waals surface area contributed by atoms with Crippen LogP contribution in [-0.2, 0) is 11.8 Å². The number of benzene rings is 2. The first kappa shape index (κ1) is 11.6. The zero-order chi connectivity index (χ0) is 11.8. The van der Waals surface area contributed by atoms with Crippen molar-refractivity contribution in [2.24, 2.45) is 11.0 Å². The molecule has 0 saturated carbocycles. The summed E-state index contributed by atoms with van der Waals surface area (Å²) in [5, 5.41) is 2.29. The molecule has 2 aromatic carbocycles. The Kier molecular flexibility index (Phi) is 3.00. The highest BCUT2D eigenvalue weighted by molar-refractivity contribution is 8.13. The van der Waals surface area contributed by atoms with E-state index in [0.717, 1.165) is 16.5 Å². The number of nitrogens with two attached hydrogens (primary N) is 2. The molecule has 0 fully saturated rings. The van der Waals surface area contributed by atoms with Gasteiger partial charge in [0.05, 0.1) is 0 Å². The predicted octanol–water partition coefficient (Wildman–Crippen LogP) is 2.42. The third-order valence-corrected chi connectivity index (χ3v) is 4.47. The van der Waals surface area contributed by atoms with Crippen LogP contribution in [0.15, 0.2) is 42.5 Å². The van der Waals surface area contributed by atoms with E-state index in [1.165, 1.54) is 0 Å². The van der Waals surface area contributed by atoms with Crippen LogP contribution in [0.4, 0.5) is 5.69 Å². The zero-order valence-electron chi connectivity index (χ0n) is 9.00. The molecule has 0 saturated heterocycles. The van der Waals surface area contributed by atoms with Crippen molar-refractivity contribution in [1.82, 2.24) is 0 Å². The summed E-state index contributed by atoms with van der Waals surface area (Å²) < 4.78 is 1.81. The molecule has 16 heavy (non-hydrogen) atoms. The summed E-state index contributed by atoms with van der Waals surface area (Å²) in [6, 6.07) is 14.1. The second kappa shape index (κ2) is 4.15. The number of hydrogen-bond acceptors (Lipinski definition) is 1. The molecular formula is C11H14N3PS. The molecule has 0 aromatic heterocycles. The van der Waals surface area contributed by atoms with Crippen LogP contribution in [0, 0.1) is 0 Å². The van der Waals surface area contributed by atoms with Gasteiger partial charge in [0.15, 0.2) is 6.49 Å². The van der Waals surface area contributed by atoms with E-state index in [-0.39, 0.29) is 0 Å².